The molecule has 3 heterocycles. The summed E-state index contributed by atoms with van der Waals surface area (Å²) in [7, 11) is 0. The van der Waals surface area contributed by atoms with Crippen molar-refractivity contribution in [2.24, 2.45) is 5.92 Å². The Kier molecular flexibility index (Phi) is 6.59. The molecule has 2 aliphatic rings. The number of piperidine rings is 1. The Bertz CT molecular complexity index is 932. The largest absolute Gasteiger partial charge is 0.356 e. The van der Waals surface area contributed by atoms with Gasteiger partial charge in [0, 0.05) is 60.5 Å². The van der Waals surface area contributed by atoms with Gasteiger partial charge in [0.2, 0.25) is 5.91 Å². The van der Waals surface area contributed by atoms with E-state index in [1.165, 1.54) is 5.56 Å². The first kappa shape index (κ1) is 22.5. The summed E-state index contributed by atoms with van der Waals surface area (Å²) in [4.78, 5) is 20.8. The molecule has 1 unspecified atom stereocenters. The fourth-order valence-electron chi connectivity index (χ4n) is 5.03. The fourth-order valence-corrected chi connectivity index (χ4v) is 5.20. The molecule has 31 heavy (non-hydrogen) atoms. The van der Waals surface area contributed by atoms with Gasteiger partial charge in [-0.25, -0.2) is 8.78 Å². The second kappa shape index (κ2) is 9.07. The summed E-state index contributed by atoms with van der Waals surface area (Å²) < 4.78 is 26.7. The molecule has 0 bridgehead atoms. The van der Waals surface area contributed by atoms with Gasteiger partial charge in [0.05, 0.1) is 6.04 Å². The van der Waals surface area contributed by atoms with Gasteiger partial charge in [0.15, 0.2) is 0 Å². The number of amides is 1. The van der Waals surface area contributed by atoms with Gasteiger partial charge in [-0.2, -0.15) is 0 Å². The number of aromatic nitrogens is 1. The van der Waals surface area contributed by atoms with E-state index in [4.69, 9.17) is 11.6 Å². The van der Waals surface area contributed by atoms with Crippen molar-refractivity contribution in [3.8, 4) is 0 Å². The molecule has 0 aliphatic carbocycles. The predicted molar refractivity (Wildman–Crippen MR) is 121 cm³/mol. The van der Waals surface area contributed by atoms with Crippen molar-refractivity contribution < 1.29 is 13.6 Å². The van der Waals surface area contributed by atoms with Crippen LogP contribution in [-0.2, 0) is 11.2 Å². The highest BCUT2D eigenvalue weighted by atomic mass is 35.5. The fraction of sp³-hybridized carbons (Fsp3) is 0.625. The van der Waals surface area contributed by atoms with Crippen LogP contribution in [0, 0.1) is 5.92 Å². The van der Waals surface area contributed by atoms with Crippen LogP contribution in [-0.4, -0.2) is 52.8 Å². The number of carbonyl (C=O) groups is 1. The Labute approximate surface area is 187 Å². The number of halogens is 3. The predicted octanol–water partition coefficient (Wildman–Crippen LogP) is 5.80. The first-order chi connectivity index (χ1) is 14.7. The van der Waals surface area contributed by atoms with Gasteiger partial charge in [-0.1, -0.05) is 25.4 Å². The van der Waals surface area contributed by atoms with E-state index in [1.54, 1.807) is 0 Å². The average molecular weight is 452 g/mol. The first-order valence-corrected chi connectivity index (χ1v) is 11.8. The minimum absolute atomic E-state index is 0.0381. The van der Waals surface area contributed by atoms with Crippen LogP contribution in [0.2, 0.25) is 5.02 Å². The molecule has 1 aromatic carbocycles. The van der Waals surface area contributed by atoms with E-state index < -0.39 is 5.92 Å². The lowest BCUT2D eigenvalue weighted by molar-refractivity contribution is -0.134. The Hall–Kier alpha value is -1.66. The standard InChI is InChI=1S/C24H32ClF2N3O/c1-16(2)14-21-23-18(19-15-17(25)5-6-20(19)28-23)7-11-30(21)22(31)4-3-10-29-12-8-24(26,27)9-13-29/h5-6,15-16,21,28H,3-4,7-14H2,1-2H3. The summed E-state index contributed by atoms with van der Waals surface area (Å²) in [5, 5.41) is 1.88. The number of hydrogen-bond acceptors (Lipinski definition) is 2. The SMILES string of the molecule is CC(C)CC1c2[nH]c3ccc(Cl)cc3c2CCN1C(=O)CCCN1CCC(F)(F)CC1. The maximum absolute atomic E-state index is 13.3. The molecule has 0 spiro atoms. The monoisotopic (exact) mass is 451 g/mol. The molecule has 0 radical (unpaired) electrons. The number of alkyl halides is 2. The molecule has 1 N–H and O–H groups in total. The van der Waals surface area contributed by atoms with Crippen molar-refractivity contribution in [2.45, 2.75) is 64.3 Å². The number of carbonyl (C=O) groups excluding carboxylic acids is 1. The van der Waals surface area contributed by atoms with Crippen LogP contribution in [0.3, 0.4) is 0 Å². The van der Waals surface area contributed by atoms with E-state index in [1.807, 2.05) is 23.1 Å². The summed E-state index contributed by atoms with van der Waals surface area (Å²) in [6, 6.07) is 5.95. The van der Waals surface area contributed by atoms with E-state index in [-0.39, 0.29) is 24.8 Å². The molecule has 1 amide bonds. The van der Waals surface area contributed by atoms with Gasteiger partial charge in [0.1, 0.15) is 0 Å². The third-order valence-corrected chi connectivity index (χ3v) is 6.92. The highest BCUT2D eigenvalue weighted by Gasteiger charge is 2.35. The minimum atomic E-state index is -2.52. The zero-order chi connectivity index (χ0) is 22.2. The molecular weight excluding hydrogens is 420 g/mol. The summed E-state index contributed by atoms with van der Waals surface area (Å²) in [6.07, 6.45) is 2.75. The van der Waals surface area contributed by atoms with Crippen LogP contribution >= 0.6 is 11.6 Å². The highest BCUT2D eigenvalue weighted by Crippen LogP contribution is 2.39. The lowest BCUT2D eigenvalue weighted by atomic mass is 9.91. The van der Waals surface area contributed by atoms with E-state index in [0.29, 0.717) is 44.9 Å². The summed E-state index contributed by atoms with van der Waals surface area (Å²) >= 11 is 6.23. The normalized spacial score (nSPS) is 21.6. The molecule has 2 aromatic rings. The zero-order valence-corrected chi connectivity index (χ0v) is 19.2. The van der Waals surface area contributed by atoms with Gasteiger partial charge in [-0.3, -0.25) is 4.79 Å². The van der Waals surface area contributed by atoms with E-state index in [9.17, 15) is 13.6 Å². The van der Waals surface area contributed by atoms with Crippen molar-refractivity contribution in [3.63, 3.8) is 0 Å². The van der Waals surface area contributed by atoms with Crippen molar-refractivity contribution >= 4 is 28.4 Å². The molecule has 1 saturated heterocycles. The van der Waals surface area contributed by atoms with Crippen LogP contribution < -0.4 is 0 Å². The third-order valence-electron chi connectivity index (χ3n) is 6.68. The summed E-state index contributed by atoms with van der Waals surface area (Å²) in [5.74, 6) is -1.90. The van der Waals surface area contributed by atoms with E-state index in [0.717, 1.165) is 34.5 Å². The molecule has 1 fully saturated rings. The molecule has 1 aromatic heterocycles. The Morgan fingerprint density at radius 3 is 2.71 bits per heavy atom. The number of aromatic amines is 1. The van der Waals surface area contributed by atoms with Gasteiger partial charge < -0.3 is 14.8 Å². The van der Waals surface area contributed by atoms with Crippen LogP contribution in [0.4, 0.5) is 8.78 Å². The van der Waals surface area contributed by atoms with Gasteiger partial charge in [-0.15, -0.1) is 0 Å². The molecule has 4 nitrogen and oxygen atoms in total. The van der Waals surface area contributed by atoms with Crippen LogP contribution in [0.1, 0.15) is 63.3 Å². The number of likely N-dealkylation sites (tertiary alicyclic amines) is 1. The molecular formula is C24H32ClF2N3O. The van der Waals surface area contributed by atoms with E-state index in [2.05, 4.69) is 23.7 Å². The third kappa shape index (κ3) is 5.06. The summed E-state index contributed by atoms with van der Waals surface area (Å²) in [5.41, 5.74) is 3.49. The molecule has 7 heteroatoms. The topological polar surface area (TPSA) is 39.3 Å². The second-order valence-electron chi connectivity index (χ2n) is 9.49. The molecule has 1 atom stereocenters. The number of nitrogens with zero attached hydrogens (tertiary/aromatic N) is 2. The minimum Gasteiger partial charge on any atom is -0.356 e. The van der Waals surface area contributed by atoms with Gasteiger partial charge in [-0.05, 0) is 55.5 Å². The second-order valence-corrected chi connectivity index (χ2v) is 9.93. The molecule has 0 saturated carbocycles. The van der Waals surface area contributed by atoms with Gasteiger partial charge >= 0.3 is 0 Å². The van der Waals surface area contributed by atoms with Crippen molar-refractivity contribution in [3.05, 3.63) is 34.5 Å². The first-order valence-electron chi connectivity index (χ1n) is 11.4. The Morgan fingerprint density at radius 1 is 1.26 bits per heavy atom. The average Bonchev–Trinajstić information content (AvgIpc) is 3.07. The molecule has 2 aliphatic heterocycles. The lowest BCUT2D eigenvalue weighted by Gasteiger charge is -2.37. The number of rotatable bonds is 6. The summed E-state index contributed by atoms with van der Waals surface area (Å²) in [6.45, 7) is 6.62. The zero-order valence-electron chi connectivity index (χ0n) is 18.4. The maximum Gasteiger partial charge on any atom is 0.250 e. The number of fused-ring (bicyclic) bond motifs is 3. The number of nitrogens with one attached hydrogen (secondary N) is 1. The Morgan fingerprint density at radius 2 is 2.00 bits per heavy atom. The smallest absolute Gasteiger partial charge is 0.250 e. The Balaban J connectivity index is 1.44. The van der Waals surface area contributed by atoms with Gasteiger partial charge in [0.25, 0.3) is 5.92 Å². The quantitative estimate of drug-likeness (QED) is 0.602. The van der Waals surface area contributed by atoms with Crippen LogP contribution in [0.15, 0.2) is 18.2 Å². The van der Waals surface area contributed by atoms with Crippen LogP contribution in [0.25, 0.3) is 10.9 Å². The molecule has 170 valence electrons. The maximum atomic E-state index is 13.3. The highest BCUT2D eigenvalue weighted by molar-refractivity contribution is 6.31. The van der Waals surface area contributed by atoms with Crippen molar-refractivity contribution in [1.82, 2.24) is 14.8 Å². The van der Waals surface area contributed by atoms with Crippen LogP contribution in [0.5, 0.6) is 0 Å². The number of H-pyrrole nitrogens is 1. The van der Waals surface area contributed by atoms with Crippen molar-refractivity contribution in [2.75, 3.05) is 26.2 Å². The lowest BCUT2D eigenvalue weighted by Crippen LogP contribution is -2.42. The van der Waals surface area contributed by atoms with E-state index >= 15 is 0 Å². The number of hydrogen-bond donors (Lipinski definition) is 1. The van der Waals surface area contributed by atoms with Crippen molar-refractivity contribution in [1.29, 1.82) is 0 Å². The number of benzene rings is 1. The molecule has 4 rings (SSSR count).